The van der Waals surface area contributed by atoms with Crippen molar-refractivity contribution in [3.05, 3.63) is 35.8 Å². The van der Waals surface area contributed by atoms with E-state index >= 15 is 0 Å². The number of aromatic nitrogens is 1. The Bertz CT molecular complexity index is 338. The standard InChI is InChI=1S/C10H11NO3.K/c1-2-14-10(13)9(12)7-8-3-5-11-6-4-8;/h3-7,12H,2H2,1H3;/q;+1/p-1/b9-7+;. The van der Waals surface area contributed by atoms with Crippen molar-refractivity contribution in [3.63, 3.8) is 0 Å². The minimum atomic E-state index is -0.829. The van der Waals surface area contributed by atoms with E-state index in [-0.39, 0.29) is 58.0 Å². The second-order valence-electron chi connectivity index (χ2n) is 2.51. The molecule has 0 aliphatic rings. The van der Waals surface area contributed by atoms with E-state index in [1.807, 2.05) is 0 Å². The van der Waals surface area contributed by atoms with Crippen LogP contribution in [0.2, 0.25) is 0 Å². The molecule has 1 rings (SSSR count). The van der Waals surface area contributed by atoms with Crippen molar-refractivity contribution in [2.24, 2.45) is 0 Å². The van der Waals surface area contributed by atoms with Crippen LogP contribution in [0, 0.1) is 0 Å². The molecule has 0 aliphatic heterocycles. The third-order valence-corrected chi connectivity index (χ3v) is 1.48. The molecule has 0 saturated carbocycles. The van der Waals surface area contributed by atoms with Crippen LogP contribution >= 0.6 is 0 Å². The number of pyridine rings is 1. The molecule has 0 fully saturated rings. The predicted molar refractivity (Wildman–Crippen MR) is 48.8 cm³/mol. The molecule has 1 aromatic rings. The van der Waals surface area contributed by atoms with Gasteiger partial charge in [-0.3, -0.25) is 4.98 Å². The molecule has 0 unspecified atom stereocenters. The molecule has 0 N–H and O–H groups in total. The molecule has 1 heterocycles. The average molecular weight is 231 g/mol. The van der Waals surface area contributed by atoms with Crippen LogP contribution < -0.4 is 56.5 Å². The normalized spacial score (nSPS) is 10.3. The zero-order chi connectivity index (χ0) is 10.4. The molecule has 5 heteroatoms. The van der Waals surface area contributed by atoms with Crippen LogP contribution in [0.4, 0.5) is 0 Å². The van der Waals surface area contributed by atoms with Gasteiger partial charge in [0.2, 0.25) is 0 Å². The van der Waals surface area contributed by atoms with Crippen LogP contribution in [0.5, 0.6) is 0 Å². The Kier molecular flexibility index (Phi) is 7.90. The monoisotopic (exact) mass is 231 g/mol. The topological polar surface area (TPSA) is 62.2 Å². The molecule has 1 aromatic heterocycles. The van der Waals surface area contributed by atoms with Crippen molar-refractivity contribution >= 4 is 12.0 Å². The minimum absolute atomic E-state index is 0. The summed E-state index contributed by atoms with van der Waals surface area (Å²) in [5.74, 6) is -1.48. The summed E-state index contributed by atoms with van der Waals surface area (Å²) in [6.45, 7) is 1.85. The number of esters is 1. The van der Waals surface area contributed by atoms with Crippen molar-refractivity contribution in [2.45, 2.75) is 6.92 Å². The number of nitrogens with zero attached hydrogens (tertiary/aromatic N) is 1. The quantitative estimate of drug-likeness (QED) is 0.247. The van der Waals surface area contributed by atoms with Crippen LogP contribution in [0.3, 0.4) is 0 Å². The first kappa shape index (κ1) is 14.8. The summed E-state index contributed by atoms with van der Waals surface area (Å²) in [5.41, 5.74) is 0.637. The van der Waals surface area contributed by atoms with E-state index in [9.17, 15) is 9.90 Å². The predicted octanol–water partition coefficient (Wildman–Crippen LogP) is -2.65. The first-order valence-electron chi connectivity index (χ1n) is 4.20. The molecule has 0 saturated heterocycles. The summed E-state index contributed by atoms with van der Waals surface area (Å²) in [7, 11) is 0. The maximum Gasteiger partial charge on any atom is 1.00 e. The number of carbonyl (C=O) groups excluding carboxylic acids is 1. The van der Waals surface area contributed by atoms with Gasteiger partial charge in [0.15, 0.2) is 0 Å². The minimum Gasteiger partial charge on any atom is -0.868 e. The number of rotatable bonds is 3. The van der Waals surface area contributed by atoms with E-state index in [2.05, 4.69) is 9.72 Å². The molecule has 15 heavy (non-hydrogen) atoms. The van der Waals surface area contributed by atoms with Gasteiger partial charge in [0.25, 0.3) is 0 Å². The van der Waals surface area contributed by atoms with Gasteiger partial charge in [-0.25, -0.2) is 4.79 Å². The summed E-state index contributed by atoms with van der Waals surface area (Å²) in [5, 5.41) is 11.2. The fraction of sp³-hybridized carbons (Fsp3) is 0.200. The van der Waals surface area contributed by atoms with Crippen LogP contribution in [0.15, 0.2) is 30.3 Å². The molecule has 0 radical (unpaired) electrons. The molecule has 0 atom stereocenters. The zero-order valence-electron chi connectivity index (χ0n) is 8.77. The van der Waals surface area contributed by atoms with Crippen molar-refractivity contribution in [2.75, 3.05) is 6.61 Å². The second-order valence-corrected chi connectivity index (χ2v) is 2.51. The number of hydrogen-bond acceptors (Lipinski definition) is 4. The Balaban J connectivity index is 0.00000196. The van der Waals surface area contributed by atoms with Gasteiger partial charge in [0.1, 0.15) is 0 Å². The van der Waals surface area contributed by atoms with E-state index in [4.69, 9.17) is 0 Å². The Morgan fingerprint density at radius 3 is 2.67 bits per heavy atom. The fourth-order valence-electron chi connectivity index (χ4n) is 0.872. The van der Waals surface area contributed by atoms with Gasteiger partial charge in [-0.15, -0.1) is 0 Å². The van der Waals surface area contributed by atoms with Crippen molar-refractivity contribution in [1.82, 2.24) is 4.98 Å². The molecule has 0 spiro atoms. The number of hydrogen-bond donors (Lipinski definition) is 0. The average Bonchev–Trinajstić information content (AvgIpc) is 2.19. The van der Waals surface area contributed by atoms with Gasteiger partial charge in [0, 0.05) is 12.4 Å². The summed E-state index contributed by atoms with van der Waals surface area (Å²) < 4.78 is 4.54. The van der Waals surface area contributed by atoms with E-state index in [1.54, 1.807) is 31.5 Å². The summed E-state index contributed by atoms with van der Waals surface area (Å²) in [4.78, 5) is 14.7. The fourth-order valence-corrected chi connectivity index (χ4v) is 0.872. The van der Waals surface area contributed by atoms with E-state index in [0.717, 1.165) is 0 Å². The summed E-state index contributed by atoms with van der Waals surface area (Å²) in [6, 6.07) is 3.27. The molecule has 0 aromatic carbocycles. The summed E-state index contributed by atoms with van der Waals surface area (Å²) >= 11 is 0. The zero-order valence-corrected chi connectivity index (χ0v) is 11.9. The largest absolute Gasteiger partial charge is 1.00 e. The molecule has 4 nitrogen and oxygen atoms in total. The van der Waals surface area contributed by atoms with Gasteiger partial charge < -0.3 is 9.84 Å². The van der Waals surface area contributed by atoms with E-state index < -0.39 is 11.7 Å². The first-order chi connectivity index (χ1) is 6.74. The third kappa shape index (κ3) is 5.43. The van der Waals surface area contributed by atoms with Gasteiger partial charge >= 0.3 is 57.4 Å². The van der Waals surface area contributed by atoms with Gasteiger partial charge in [0.05, 0.1) is 6.61 Å². The van der Waals surface area contributed by atoms with Crippen LogP contribution in [0.1, 0.15) is 12.5 Å². The van der Waals surface area contributed by atoms with E-state index in [0.29, 0.717) is 5.56 Å². The third-order valence-electron chi connectivity index (χ3n) is 1.48. The molecular weight excluding hydrogens is 221 g/mol. The van der Waals surface area contributed by atoms with Crippen LogP contribution in [-0.2, 0) is 9.53 Å². The second kappa shape index (κ2) is 8.01. The van der Waals surface area contributed by atoms with Gasteiger partial charge in [-0.05, 0) is 30.4 Å². The summed E-state index contributed by atoms with van der Waals surface area (Å²) in [6.07, 6.45) is 4.31. The van der Waals surface area contributed by atoms with Gasteiger partial charge in [-0.1, -0.05) is 6.08 Å². The molecule has 74 valence electrons. The molecular formula is C10H10KNO3. The maximum absolute atomic E-state index is 11.2. The van der Waals surface area contributed by atoms with Crippen molar-refractivity contribution in [3.8, 4) is 0 Å². The van der Waals surface area contributed by atoms with E-state index in [1.165, 1.54) is 6.08 Å². The molecule has 0 aliphatic carbocycles. The molecule has 0 amide bonds. The smallest absolute Gasteiger partial charge is 0.868 e. The Morgan fingerprint density at radius 2 is 2.13 bits per heavy atom. The Morgan fingerprint density at radius 1 is 1.53 bits per heavy atom. The molecule has 0 bridgehead atoms. The number of carbonyl (C=O) groups is 1. The number of ether oxygens (including phenoxy) is 1. The van der Waals surface area contributed by atoms with Crippen molar-refractivity contribution in [1.29, 1.82) is 0 Å². The van der Waals surface area contributed by atoms with Crippen LogP contribution in [0.25, 0.3) is 6.08 Å². The Hall–Kier alpha value is -0.204. The van der Waals surface area contributed by atoms with Gasteiger partial charge in [-0.2, -0.15) is 0 Å². The first-order valence-corrected chi connectivity index (χ1v) is 4.20. The van der Waals surface area contributed by atoms with Crippen molar-refractivity contribution < 1.29 is 66.0 Å². The maximum atomic E-state index is 11.2. The Labute approximate surface area is 131 Å². The van der Waals surface area contributed by atoms with Crippen LogP contribution in [-0.4, -0.2) is 17.6 Å². The SMILES string of the molecule is CCOC(=O)/C([O-])=C\c1ccncc1.[K+].